The molecule has 4 nitrogen and oxygen atoms in total. The second kappa shape index (κ2) is 7.10. The zero-order chi connectivity index (χ0) is 19.8. The maximum absolute atomic E-state index is 14.1. The summed E-state index contributed by atoms with van der Waals surface area (Å²) in [4.78, 5) is 29.7. The van der Waals surface area contributed by atoms with Gasteiger partial charge in [0.05, 0.1) is 12.1 Å². The minimum absolute atomic E-state index is 0.172. The van der Waals surface area contributed by atoms with Crippen molar-refractivity contribution in [3.8, 4) is 11.1 Å². The third-order valence-corrected chi connectivity index (χ3v) is 4.24. The fourth-order valence-electron chi connectivity index (χ4n) is 3.02. The number of amides is 1. The number of carbonyl (C=O) groups excluding carboxylic acids is 2. The highest BCUT2D eigenvalue weighted by Crippen LogP contribution is 2.34. The van der Waals surface area contributed by atoms with Crippen LogP contribution in [-0.4, -0.2) is 11.9 Å². The van der Waals surface area contributed by atoms with Crippen LogP contribution in [0.1, 0.15) is 39.2 Å². The van der Waals surface area contributed by atoms with E-state index >= 15 is 0 Å². The lowest BCUT2D eigenvalue weighted by atomic mass is 9.92. The van der Waals surface area contributed by atoms with Crippen LogP contribution < -0.4 is 5.06 Å². The van der Waals surface area contributed by atoms with Gasteiger partial charge >= 0.3 is 5.97 Å². The Labute approximate surface area is 156 Å². The molecule has 27 heavy (non-hydrogen) atoms. The van der Waals surface area contributed by atoms with Crippen LogP contribution in [-0.2, 0) is 20.8 Å². The molecular formula is C21H21F2NO3. The first-order chi connectivity index (χ1) is 12.6. The van der Waals surface area contributed by atoms with Crippen molar-refractivity contribution in [1.29, 1.82) is 0 Å². The van der Waals surface area contributed by atoms with Gasteiger partial charge in [-0.2, -0.15) is 0 Å². The number of rotatable bonds is 3. The second-order valence-corrected chi connectivity index (χ2v) is 7.86. The molecule has 0 radical (unpaired) electrons. The third kappa shape index (κ3) is 4.32. The van der Waals surface area contributed by atoms with Crippen molar-refractivity contribution < 1.29 is 23.2 Å². The summed E-state index contributed by atoms with van der Waals surface area (Å²) in [6, 6.07) is 8.39. The summed E-state index contributed by atoms with van der Waals surface area (Å²) in [6.07, 6.45) is 0.814. The molecule has 0 aliphatic carbocycles. The minimum atomic E-state index is -0.657. The van der Waals surface area contributed by atoms with Crippen molar-refractivity contribution >= 4 is 17.6 Å². The Morgan fingerprint density at radius 2 is 1.85 bits per heavy atom. The van der Waals surface area contributed by atoms with Crippen LogP contribution in [0.4, 0.5) is 14.5 Å². The van der Waals surface area contributed by atoms with E-state index in [0.29, 0.717) is 17.7 Å². The summed E-state index contributed by atoms with van der Waals surface area (Å²) < 4.78 is 27.2. The van der Waals surface area contributed by atoms with Crippen molar-refractivity contribution in [3.63, 3.8) is 0 Å². The highest BCUT2D eigenvalue weighted by atomic mass is 19.1. The van der Waals surface area contributed by atoms with Crippen LogP contribution in [0.3, 0.4) is 0 Å². The Kier molecular flexibility index (Phi) is 5.00. The van der Waals surface area contributed by atoms with Gasteiger partial charge < -0.3 is 4.84 Å². The molecule has 0 saturated heterocycles. The van der Waals surface area contributed by atoms with Gasteiger partial charge in [0, 0.05) is 18.1 Å². The number of carbonyl (C=O) groups is 2. The quantitative estimate of drug-likeness (QED) is 0.776. The standard InChI is InChI=1S/C21H21F2NO3/c1-21(2,3)12-20(26)27-24-18-8-4-13(10-14(18)5-9-19(24)25)16-7-6-15(22)11-17(16)23/h4,6-8,10-11H,5,9,12H2,1-3H3. The Morgan fingerprint density at radius 1 is 1.11 bits per heavy atom. The molecule has 0 spiro atoms. The fraction of sp³-hybridized carbons (Fsp3) is 0.333. The molecule has 0 aromatic heterocycles. The molecular weight excluding hydrogens is 352 g/mol. The molecule has 1 aliphatic rings. The molecule has 2 aromatic rings. The molecule has 0 bridgehead atoms. The van der Waals surface area contributed by atoms with Crippen LogP contribution in [0, 0.1) is 17.0 Å². The molecule has 0 fully saturated rings. The lowest BCUT2D eigenvalue weighted by molar-refractivity contribution is -0.152. The van der Waals surface area contributed by atoms with Crippen molar-refractivity contribution in [2.24, 2.45) is 5.41 Å². The van der Waals surface area contributed by atoms with E-state index in [9.17, 15) is 18.4 Å². The Hall–Kier alpha value is -2.76. The molecule has 142 valence electrons. The predicted molar refractivity (Wildman–Crippen MR) is 97.8 cm³/mol. The van der Waals surface area contributed by atoms with Crippen LogP contribution in [0.2, 0.25) is 0 Å². The smallest absolute Gasteiger partial charge is 0.333 e. The predicted octanol–water partition coefficient (Wildman–Crippen LogP) is 4.81. The normalized spacial score (nSPS) is 14.1. The van der Waals surface area contributed by atoms with Gasteiger partial charge in [-0.1, -0.05) is 26.8 Å². The molecule has 0 N–H and O–H groups in total. The van der Waals surface area contributed by atoms with Gasteiger partial charge in [0.15, 0.2) is 0 Å². The first-order valence-corrected chi connectivity index (χ1v) is 8.76. The second-order valence-electron chi connectivity index (χ2n) is 7.86. The largest absolute Gasteiger partial charge is 0.333 e. The number of nitrogens with zero attached hydrogens (tertiary/aromatic N) is 1. The molecule has 1 amide bonds. The topological polar surface area (TPSA) is 46.6 Å². The van der Waals surface area contributed by atoms with E-state index in [1.807, 2.05) is 20.8 Å². The van der Waals surface area contributed by atoms with Gasteiger partial charge in [0.25, 0.3) is 5.91 Å². The summed E-state index contributed by atoms with van der Waals surface area (Å²) in [7, 11) is 0. The van der Waals surface area contributed by atoms with Gasteiger partial charge in [-0.15, -0.1) is 5.06 Å². The molecule has 2 aromatic carbocycles. The minimum Gasteiger partial charge on any atom is -0.333 e. The number of hydrogen-bond donors (Lipinski definition) is 0. The van der Waals surface area contributed by atoms with Gasteiger partial charge in [0.1, 0.15) is 11.6 Å². The van der Waals surface area contributed by atoms with E-state index in [2.05, 4.69) is 0 Å². The number of fused-ring (bicyclic) bond motifs is 1. The zero-order valence-electron chi connectivity index (χ0n) is 15.5. The summed E-state index contributed by atoms with van der Waals surface area (Å²) >= 11 is 0. The molecule has 0 unspecified atom stereocenters. The Morgan fingerprint density at radius 3 is 2.52 bits per heavy atom. The van der Waals surface area contributed by atoms with E-state index in [1.165, 1.54) is 12.1 Å². The number of halogens is 2. The number of hydroxylamine groups is 1. The Bertz CT molecular complexity index is 903. The average Bonchev–Trinajstić information content (AvgIpc) is 2.55. The lowest BCUT2D eigenvalue weighted by Gasteiger charge is -2.29. The molecule has 3 rings (SSSR count). The monoisotopic (exact) mass is 373 g/mol. The number of anilines is 1. The van der Waals surface area contributed by atoms with E-state index in [4.69, 9.17) is 4.84 Å². The molecule has 1 heterocycles. The third-order valence-electron chi connectivity index (χ3n) is 4.24. The number of hydrogen-bond acceptors (Lipinski definition) is 3. The molecule has 0 atom stereocenters. The summed E-state index contributed by atoms with van der Waals surface area (Å²) in [5.74, 6) is -2.09. The maximum atomic E-state index is 14.1. The highest BCUT2D eigenvalue weighted by Gasteiger charge is 2.29. The van der Waals surface area contributed by atoms with Crippen molar-refractivity contribution in [3.05, 3.63) is 53.6 Å². The van der Waals surface area contributed by atoms with Gasteiger partial charge in [0.2, 0.25) is 0 Å². The van der Waals surface area contributed by atoms with Crippen molar-refractivity contribution in [2.75, 3.05) is 5.06 Å². The maximum Gasteiger partial charge on any atom is 0.333 e. The van der Waals surface area contributed by atoms with E-state index in [1.54, 1.807) is 18.2 Å². The first-order valence-electron chi connectivity index (χ1n) is 8.76. The highest BCUT2D eigenvalue weighted by molar-refractivity contribution is 5.96. The molecule has 6 heteroatoms. The van der Waals surface area contributed by atoms with E-state index in [-0.39, 0.29) is 29.7 Å². The zero-order valence-corrected chi connectivity index (χ0v) is 15.5. The van der Waals surface area contributed by atoms with Crippen LogP contribution >= 0.6 is 0 Å². The van der Waals surface area contributed by atoms with E-state index < -0.39 is 17.6 Å². The average molecular weight is 373 g/mol. The first kappa shape index (κ1) is 19.0. The summed E-state index contributed by atoms with van der Waals surface area (Å²) in [5, 5.41) is 1.03. The summed E-state index contributed by atoms with van der Waals surface area (Å²) in [6.45, 7) is 5.72. The van der Waals surface area contributed by atoms with Crippen LogP contribution in [0.15, 0.2) is 36.4 Å². The number of benzene rings is 2. The van der Waals surface area contributed by atoms with Crippen LogP contribution in [0.25, 0.3) is 11.1 Å². The number of aryl methyl sites for hydroxylation is 1. The van der Waals surface area contributed by atoms with Gasteiger partial charge in [-0.3, -0.25) is 4.79 Å². The van der Waals surface area contributed by atoms with Gasteiger partial charge in [-0.25, -0.2) is 13.6 Å². The summed E-state index contributed by atoms with van der Waals surface area (Å²) in [5.41, 5.74) is 1.82. The Balaban J connectivity index is 1.90. The fourth-order valence-corrected chi connectivity index (χ4v) is 3.02. The SMILES string of the molecule is CC(C)(C)CC(=O)ON1C(=O)CCc2cc(-c3ccc(F)cc3F)ccc21. The van der Waals surface area contributed by atoms with Gasteiger partial charge in [-0.05, 0) is 47.2 Å². The lowest BCUT2D eigenvalue weighted by Crippen LogP contribution is -2.37. The molecule has 0 saturated carbocycles. The van der Waals surface area contributed by atoms with E-state index in [0.717, 1.165) is 16.7 Å². The van der Waals surface area contributed by atoms with Crippen molar-refractivity contribution in [2.45, 2.75) is 40.0 Å². The molecule has 1 aliphatic heterocycles. The van der Waals surface area contributed by atoms with Crippen LogP contribution in [0.5, 0.6) is 0 Å². The van der Waals surface area contributed by atoms with Crippen molar-refractivity contribution in [1.82, 2.24) is 0 Å².